The van der Waals surface area contributed by atoms with E-state index in [4.69, 9.17) is 0 Å². The second-order valence-corrected chi connectivity index (χ2v) is 4.44. The molecule has 1 aromatic heterocycles. The van der Waals surface area contributed by atoms with E-state index in [2.05, 4.69) is 4.98 Å². The highest BCUT2D eigenvalue weighted by atomic mass is 32.2. The van der Waals surface area contributed by atoms with E-state index in [1.165, 1.54) is 7.05 Å². The number of pyridine rings is 1. The largest absolute Gasteiger partial charge is 0.293 e. The van der Waals surface area contributed by atoms with E-state index in [9.17, 15) is 9.59 Å². The first-order valence-electron chi connectivity index (χ1n) is 4.73. The number of hydrogen-bond acceptors (Lipinski definition) is 4. The topological polar surface area (TPSA) is 50.3 Å². The molecule has 4 nitrogen and oxygen atoms in total. The lowest BCUT2D eigenvalue weighted by Crippen LogP contribution is -2.22. The molecular weight excluding hydrogens is 224 g/mol. The first kappa shape index (κ1) is 10.9. The Bertz CT molecular complexity index is 497. The summed E-state index contributed by atoms with van der Waals surface area (Å²) in [4.78, 5) is 28.6. The minimum Gasteiger partial charge on any atom is -0.272 e. The molecule has 16 heavy (non-hydrogen) atoms. The number of thioether (sulfide) groups is 1. The maximum absolute atomic E-state index is 11.6. The smallest absolute Gasteiger partial charge is 0.272 e. The average molecular weight is 234 g/mol. The van der Waals surface area contributed by atoms with Crippen LogP contribution in [0.4, 0.5) is 4.79 Å². The highest BCUT2D eigenvalue weighted by molar-refractivity contribution is 8.18. The van der Waals surface area contributed by atoms with Crippen molar-refractivity contribution in [1.29, 1.82) is 0 Å². The van der Waals surface area contributed by atoms with E-state index in [-0.39, 0.29) is 11.1 Å². The maximum Gasteiger partial charge on any atom is 0.293 e. The fourth-order valence-corrected chi connectivity index (χ4v) is 2.14. The quantitative estimate of drug-likeness (QED) is 0.698. The number of carbonyl (C=O) groups is 2. The Hall–Kier alpha value is -1.62. The van der Waals surface area contributed by atoms with Gasteiger partial charge in [-0.1, -0.05) is 6.07 Å². The molecule has 0 atom stereocenters. The molecule has 82 valence electrons. The number of likely N-dealkylation sites (N-methyl/N-ethyl adjacent to an activating group) is 1. The van der Waals surface area contributed by atoms with E-state index >= 15 is 0 Å². The summed E-state index contributed by atoms with van der Waals surface area (Å²) < 4.78 is 0. The number of carbonyl (C=O) groups excluding carboxylic acids is 2. The Labute approximate surface area is 97.4 Å². The first-order valence-corrected chi connectivity index (χ1v) is 5.55. The highest BCUT2D eigenvalue weighted by Gasteiger charge is 2.31. The lowest BCUT2D eigenvalue weighted by molar-refractivity contribution is -0.121. The van der Waals surface area contributed by atoms with Gasteiger partial charge >= 0.3 is 0 Å². The number of imide groups is 1. The van der Waals surface area contributed by atoms with Gasteiger partial charge in [-0.25, -0.2) is 0 Å². The molecular formula is C11H10N2O2S. The monoisotopic (exact) mass is 234 g/mol. The van der Waals surface area contributed by atoms with Crippen LogP contribution < -0.4 is 0 Å². The van der Waals surface area contributed by atoms with Crippen molar-refractivity contribution >= 4 is 29.0 Å². The van der Waals surface area contributed by atoms with Gasteiger partial charge < -0.3 is 0 Å². The average Bonchev–Trinajstić information content (AvgIpc) is 2.47. The number of hydrogen-bond donors (Lipinski definition) is 0. The zero-order valence-corrected chi connectivity index (χ0v) is 9.75. The van der Waals surface area contributed by atoms with Crippen LogP contribution in [0.3, 0.4) is 0 Å². The SMILES string of the molecule is Cc1cccc(/C=C2/SC(=O)N(C)C2=O)n1. The van der Waals surface area contributed by atoms with Crippen molar-refractivity contribution in [3.05, 3.63) is 34.5 Å². The van der Waals surface area contributed by atoms with Gasteiger partial charge in [0, 0.05) is 12.7 Å². The van der Waals surface area contributed by atoms with Gasteiger partial charge in [-0.05, 0) is 36.9 Å². The third kappa shape index (κ3) is 1.99. The second kappa shape index (κ2) is 4.09. The highest BCUT2D eigenvalue weighted by Crippen LogP contribution is 2.30. The molecule has 1 aliphatic rings. The molecule has 0 unspecified atom stereocenters. The number of amides is 2. The number of nitrogens with zero attached hydrogens (tertiary/aromatic N) is 2. The van der Waals surface area contributed by atoms with Crippen LogP contribution in [0.1, 0.15) is 11.4 Å². The molecule has 0 N–H and O–H groups in total. The summed E-state index contributed by atoms with van der Waals surface area (Å²) in [6.07, 6.45) is 1.64. The van der Waals surface area contributed by atoms with Crippen LogP contribution in [0.15, 0.2) is 23.1 Å². The van der Waals surface area contributed by atoms with Gasteiger partial charge in [-0.2, -0.15) is 0 Å². The van der Waals surface area contributed by atoms with Gasteiger partial charge in [0.05, 0.1) is 10.6 Å². The summed E-state index contributed by atoms with van der Waals surface area (Å²) in [6.45, 7) is 1.88. The number of rotatable bonds is 1. The first-order chi connectivity index (χ1) is 7.58. The Balaban J connectivity index is 2.33. The maximum atomic E-state index is 11.6. The Morgan fingerprint density at radius 2 is 2.12 bits per heavy atom. The normalized spacial score (nSPS) is 18.6. The third-order valence-electron chi connectivity index (χ3n) is 2.18. The van der Waals surface area contributed by atoms with Crippen LogP contribution in [0, 0.1) is 6.92 Å². The van der Waals surface area contributed by atoms with Gasteiger partial charge in [0.2, 0.25) is 0 Å². The molecule has 0 aromatic carbocycles. The lowest BCUT2D eigenvalue weighted by atomic mass is 10.3. The summed E-state index contributed by atoms with van der Waals surface area (Å²) >= 11 is 0.941. The van der Waals surface area contributed by atoms with Crippen LogP contribution in [0.25, 0.3) is 6.08 Å². The summed E-state index contributed by atoms with van der Waals surface area (Å²) in [7, 11) is 1.47. The van der Waals surface area contributed by atoms with Gasteiger partial charge in [0.15, 0.2) is 0 Å². The molecule has 0 bridgehead atoms. The van der Waals surface area contributed by atoms with Gasteiger partial charge in [0.25, 0.3) is 11.1 Å². The molecule has 2 heterocycles. The van der Waals surface area contributed by atoms with Crippen LogP contribution >= 0.6 is 11.8 Å². The summed E-state index contributed by atoms with van der Waals surface area (Å²) in [5, 5.41) is -0.246. The molecule has 1 aromatic rings. The van der Waals surface area contributed by atoms with Crippen molar-refractivity contribution in [3.63, 3.8) is 0 Å². The summed E-state index contributed by atoms with van der Waals surface area (Å²) in [5.74, 6) is -0.265. The van der Waals surface area contributed by atoms with E-state index in [0.29, 0.717) is 10.6 Å². The third-order valence-corrected chi connectivity index (χ3v) is 3.14. The van der Waals surface area contributed by atoms with Crippen LogP contribution in [-0.2, 0) is 4.79 Å². The van der Waals surface area contributed by atoms with Crippen molar-refractivity contribution in [3.8, 4) is 0 Å². The molecule has 1 fully saturated rings. The van der Waals surface area contributed by atoms with Crippen LogP contribution in [-0.4, -0.2) is 28.1 Å². The van der Waals surface area contributed by atoms with E-state index in [1.807, 2.05) is 19.1 Å². The van der Waals surface area contributed by atoms with Crippen LogP contribution in [0.2, 0.25) is 0 Å². The van der Waals surface area contributed by atoms with Gasteiger partial charge in [0.1, 0.15) is 0 Å². The molecule has 0 aliphatic carbocycles. The molecule has 0 saturated carbocycles. The number of aryl methyl sites for hydroxylation is 1. The Morgan fingerprint density at radius 1 is 1.38 bits per heavy atom. The zero-order chi connectivity index (χ0) is 11.7. The Morgan fingerprint density at radius 3 is 2.69 bits per heavy atom. The van der Waals surface area contributed by atoms with Gasteiger partial charge in [-0.15, -0.1) is 0 Å². The summed E-state index contributed by atoms with van der Waals surface area (Å²) in [6, 6.07) is 5.55. The molecule has 5 heteroatoms. The fourth-order valence-electron chi connectivity index (χ4n) is 1.32. The minimum atomic E-state index is -0.265. The lowest BCUT2D eigenvalue weighted by Gasteiger charge is -2.01. The molecule has 0 spiro atoms. The molecule has 2 amide bonds. The van der Waals surface area contributed by atoms with Crippen molar-refractivity contribution in [1.82, 2.24) is 9.88 Å². The van der Waals surface area contributed by atoms with Crippen LogP contribution in [0.5, 0.6) is 0 Å². The van der Waals surface area contributed by atoms with Crippen molar-refractivity contribution < 1.29 is 9.59 Å². The molecule has 1 aliphatic heterocycles. The van der Waals surface area contributed by atoms with E-state index < -0.39 is 0 Å². The summed E-state index contributed by atoms with van der Waals surface area (Å²) in [5.41, 5.74) is 1.57. The second-order valence-electron chi connectivity index (χ2n) is 3.44. The molecule has 0 radical (unpaired) electrons. The predicted octanol–water partition coefficient (Wildman–Crippen LogP) is 2.06. The van der Waals surface area contributed by atoms with E-state index in [1.54, 1.807) is 12.1 Å². The standard InChI is InChI=1S/C11H10N2O2S/c1-7-4-3-5-8(12-7)6-9-10(14)13(2)11(15)16-9/h3-6H,1-2H3/b9-6+. The predicted molar refractivity (Wildman–Crippen MR) is 62.7 cm³/mol. The van der Waals surface area contributed by atoms with Gasteiger partial charge in [-0.3, -0.25) is 19.5 Å². The van der Waals surface area contributed by atoms with Crippen molar-refractivity contribution in [2.75, 3.05) is 7.05 Å². The van der Waals surface area contributed by atoms with E-state index in [0.717, 1.165) is 22.4 Å². The molecule has 1 saturated heterocycles. The molecule has 2 rings (SSSR count). The Kier molecular flexibility index (Phi) is 2.78. The minimum absolute atomic E-state index is 0.246. The fraction of sp³-hybridized carbons (Fsp3) is 0.182. The van der Waals surface area contributed by atoms with Crippen molar-refractivity contribution in [2.45, 2.75) is 6.92 Å². The van der Waals surface area contributed by atoms with Crippen molar-refractivity contribution in [2.24, 2.45) is 0 Å². The number of aromatic nitrogens is 1. The zero-order valence-electron chi connectivity index (χ0n) is 8.93.